The fourth-order valence-corrected chi connectivity index (χ4v) is 3.60. The Balaban J connectivity index is 1.52. The molecule has 1 aromatic heterocycles. The van der Waals surface area contributed by atoms with E-state index in [1.807, 2.05) is 12.4 Å². The highest BCUT2D eigenvalue weighted by molar-refractivity contribution is 5.69. The van der Waals surface area contributed by atoms with Gasteiger partial charge in [0.1, 0.15) is 6.33 Å². The number of hydrogen-bond acceptors (Lipinski definition) is 3. The lowest BCUT2D eigenvalue weighted by molar-refractivity contribution is 0.263. The van der Waals surface area contributed by atoms with Crippen molar-refractivity contribution in [3.8, 4) is 22.3 Å². The molecular weight excluding hydrogens is 306 g/mol. The Morgan fingerprint density at radius 3 is 1.76 bits per heavy atom. The van der Waals surface area contributed by atoms with Crippen molar-refractivity contribution in [3.05, 3.63) is 72.8 Å². The van der Waals surface area contributed by atoms with E-state index in [2.05, 4.69) is 70.3 Å². The van der Waals surface area contributed by atoms with Gasteiger partial charge >= 0.3 is 0 Å². The molecule has 1 fully saturated rings. The molecule has 3 nitrogen and oxygen atoms in total. The lowest BCUT2D eigenvalue weighted by Gasteiger charge is -2.24. The van der Waals surface area contributed by atoms with E-state index in [1.54, 1.807) is 6.33 Å². The number of likely N-dealkylation sites (tertiary alicyclic amines) is 1. The van der Waals surface area contributed by atoms with Crippen LogP contribution in [0.3, 0.4) is 0 Å². The van der Waals surface area contributed by atoms with Crippen LogP contribution in [0.25, 0.3) is 22.3 Å². The molecule has 126 valence electrons. The predicted octanol–water partition coefficient (Wildman–Crippen LogP) is 4.97. The lowest BCUT2D eigenvalue weighted by atomic mass is 9.99. The highest BCUT2D eigenvalue weighted by Crippen LogP contribution is 2.28. The first-order valence-corrected chi connectivity index (χ1v) is 9.01. The normalized spacial score (nSPS) is 16.0. The molecule has 0 amide bonds. The molecule has 0 unspecified atom stereocenters. The van der Waals surface area contributed by atoms with Gasteiger partial charge in [0.25, 0.3) is 0 Å². The van der Waals surface area contributed by atoms with Crippen molar-refractivity contribution < 1.29 is 0 Å². The zero-order chi connectivity index (χ0) is 17.1. The van der Waals surface area contributed by atoms with Gasteiger partial charge in [0, 0.05) is 24.0 Å². The van der Waals surface area contributed by atoms with Gasteiger partial charge in [0.05, 0.1) is 0 Å². The van der Waals surface area contributed by atoms with Gasteiger partial charge in [-0.1, -0.05) is 48.5 Å². The van der Waals surface area contributed by atoms with E-state index in [0.717, 1.165) is 11.1 Å². The van der Waals surface area contributed by atoms with Gasteiger partial charge in [-0.15, -0.1) is 0 Å². The van der Waals surface area contributed by atoms with Gasteiger partial charge in [0.2, 0.25) is 0 Å². The minimum atomic E-state index is 0.511. The molecule has 1 saturated heterocycles. The van der Waals surface area contributed by atoms with E-state index in [1.165, 1.54) is 42.6 Å². The summed E-state index contributed by atoms with van der Waals surface area (Å²) in [7, 11) is 0. The Kier molecular flexibility index (Phi) is 4.57. The molecular formula is C22H23N3. The van der Waals surface area contributed by atoms with Gasteiger partial charge in [-0.2, -0.15) is 0 Å². The molecule has 2 aromatic carbocycles. The molecule has 0 aliphatic carbocycles. The van der Waals surface area contributed by atoms with E-state index < -0.39 is 0 Å². The molecule has 2 heterocycles. The van der Waals surface area contributed by atoms with Gasteiger partial charge in [-0.05, 0) is 55.1 Å². The first-order chi connectivity index (χ1) is 12.3. The fourth-order valence-electron chi connectivity index (χ4n) is 3.60. The average Bonchev–Trinajstić information content (AvgIpc) is 3.23. The van der Waals surface area contributed by atoms with Crippen LogP contribution >= 0.6 is 0 Å². The van der Waals surface area contributed by atoms with Crippen molar-refractivity contribution in [1.82, 2.24) is 14.9 Å². The topological polar surface area (TPSA) is 29.0 Å². The molecule has 0 bridgehead atoms. The Morgan fingerprint density at radius 2 is 1.20 bits per heavy atom. The predicted molar refractivity (Wildman–Crippen MR) is 102 cm³/mol. The zero-order valence-corrected chi connectivity index (χ0v) is 14.6. The Hall–Kier alpha value is -2.52. The fraction of sp³-hybridized carbons (Fsp3) is 0.273. The molecule has 0 N–H and O–H groups in total. The lowest BCUT2D eigenvalue weighted by Crippen LogP contribution is -2.23. The number of benzene rings is 2. The van der Waals surface area contributed by atoms with Crippen LogP contribution in [-0.4, -0.2) is 28.0 Å². The highest BCUT2D eigenvalue weighted by atomic mass is 15.2. The second-order valence-corrected chi connectivity index (χ2v) is 6.75. The van der Waals surface area contributed by atoms with Gasteiger partial charge in [0.15, 0.2) is 0 Å². The molecule has 3 heteroatoms. The van der Waals surface area contributed by atoms with Crippen molar-refractivity contribution in [3.63, 3.8) is 0 Å². The van der Waals surface area contributed by atoms with Crippen LogP contribution in [0.1, 0.15) is 31.4 Å². The summed E-state index contributed by atoms with van der Waals surface area (Å²) in [6.07, 6.45) is 7.91. The van der Waals surface area contributed by atoms with Crippen LogP contribution in [0.2, 0.25) is 0 Å². The first kappa shape index (κ1) is 16.0. The Morgan fingerprint density at radius 1 is 0.720 bits per heavy atom. The van der Waals surface area contributed by atoms with E-state index in [9.17, 15) is 0 Å². The van der Waals surface area contributed by atoms with Crippen LogP contribution in [0.4, 0.5) is 0 Å². The summed E-state index contributed by atoms with van der Waals surface area (Å²) in [5, 5.41) is 0. The minimum absolute atomic E-state index is 0.511. The van der Waals surface area contributed by atoms with Crippen molar-refractivity contribution in [2.24, 2.45) is 0 Å². The molecule has 0 spiro atoms. The molecule has 1 atom stereocenters. The second-order valence-electron chi connectivity index (χ2n) is 6.75. The third-order valence-corrected chi connectivity index (χ3v) is 5.19. The van der Waals surface area contributed by atoms with Gasteiger partial charge in [-0.3, -0.25) is 4.90 Å². The monoisotopic (exact) mass is 329 g/mol. The average molecular weight is 329 g/mol. The number of aromatic nitrogens is 2. The first-order valence-electron chi connectivity index (χ1n) is 9.01. The molecule has 4 rings (SSSR count). The largest absolute Gasteiger partial charge is 0.297 e. The van der Waals surface area contributed by atoms with E-state index in [4.69, 9.17) is 0 Å². The Labute approximate surface area is 149 Å². The van der Waals surface area contributed by atoms with Crippen LogP contribution in [0, 0.1) is 0 Å². The SMILES string of the molecule is C[C@H](c1ccc(-c2ccc(-c3cncnc3)cc2)cc1)N1CCCC1. The second kappa shape index (κ2) is 7.16. The molecule has 1 aliphatic rings. The zero-order valence-electron chi connectivity index (χ0n) is 14.6. The summed E-state index contributed by atoms with van der Waals surface area (Å²) >= 11 is 0. The van der Waals surface area contributed by atoms with E-state index >= 15 is 0 Å². The molecule has 0 saturated carbocycles. The van der Waals surface area contributed by atoms with Gasteiger partial charge in [-0.25, -0.2) is 9.97 Å². The third-order valence-electron chi connectivity index (χ3n) is 5.19. The summed E-state index contributed by atoms with van der Waals surface area (Å²) in [4.78, 5) is 10.7. The van der Waals surface area contributed by atoms with Crippen LogP contribution in [0.15, 0.2) is 67.3 Å². The third kappa shape index (κ3) is 3.47. The molecule has 0 radical (unpaired) electrons. The number of hydrogen-bond donors (Lipinski definition) is 0. The molecule has 1 aliphatic heterocycles. The van der Waals surface area contributed by atoms with Crippen LogP contribution < -0.4 is 0 Å². The molecule has 25 heavy (non-hydrogen) atoms. The van der Waals surface area contributed by atoms with Crippen molar-refractivity contribution in [1.29, 1.82) is 0 Å². The minimum Gasteiger partial charge on any atom is -0.297 e. The highest BCUT2D eigenvalue weighted by Gasteiger charge is 2.19. The maximum Gasteiger partial charge on any atom is 0.115 e. The molecule has 3 aromatic rings. The number of nitrogens with zero attached hydrogens (tertiary/aromatic N) is 3. The maximum absolute atomic E-state index is 4.09. The van der Waals surface area contributed by atoms with Crippen molar-refractivity contribution in [2.75, 3.05) is 13.1 Å². The summed E-state index contributed by atoms with van der Waals surface area (Å²) < 4.78 is 0. The Bertz CT molecular complexity index is 804. The summed E-state index contributed by atoms with van der Waals surface area (Å²) in [5.41, 5.74) is 6.09. The quantitative estimate of drug-likeness (QED) is 0.677. The van der Waals surface area contributed by atoms with Crippen molar-refractivity contribution in [2.45, 2.75) is 25.8 Å². The van der Waals surface area contributed by atoms with E-state index in [-0.39, 0.29) is 0 Å². The van der Waals surface area contributed by atoms with Crippen molar-refractivity contribution >= 4 is 0 Å². The number of rotatable bonds is 4. The summed E-state index contributed by atoms with van der Waals surface area (Å²) in [6, 6.07) is 18.1. The van der Waals surface area contributed by atoms with Crippen LogP contribution in [-0.2, 0) is 0 Å². The van der Waals surface area contributed by atoms with Gasteiger partial charge < -0.3 is 0 Å². The van der Waals surface area contributed by atoms with Crippen LogP contribution in [0.5, 0.6) is 0 Å². The summed E-state index contributed by atoms with van der Waals surface area (Å²) in [6.45, 7) is 4.78. The maximum atomic E-state index is 4.09. The standard InChI is InChI=1S/C22H23N3/c1-17(25-12-2-3-13-25)18-4-6-19(7-5-18)20-8-10-21(11-9-20)22-14-23-16-24-15-22/h4-11,14-17H,2-3,12-13H2,1H3/t17-/m1/s1. The van der Waals surface area contributed by atoms with E-state index in [0.29, 0.717) is 6.04 Å². The smallest absolute Gasteiger partial charge is 0.115 e. The summed E-state index contributed by atoms with van der Waals surface area (Å²) in [5.74, 6) is 0.